The highest BCUT2D eigenvalue weighted by Crippen LogP contribution is 2.40. The minimum atomic E-state index is -3.46. The van der Waals surface area contributed by atoms with Gasteiger partial charge in [0.1, 0.15) is 11.4 Å². The molecular formula is C25H34N2O4S. The number of hydrogen-bond acceptors (Lipinski definition) is 4. The molecule has 0 spiro atoms. The van der Waals surface area contributed by atoms with E-state index in [1.54, 1.807) is 0 Å². The van der Waals surface area contributed by atoms with Crippen LogP contribution < -0.4 is 14.4 Å². The fourth-order valence-corrected chi connectivity index (χ4v) is 5.22. The van der Waals surface area contributed by atoms with Crippen molar-refractivity contribution in [2.45, 2.75) is 65.5 Å². The summed E-state index contributed by atoms with van der Waals surface area (Å²) < 4.78 is 32.4. The smallest absolute Gasteiger partial charge is 0.232 e. The first kappa shape index (κ1) is 24.1. The first-order valence-electron chi connectivity index (χ1n) is 11.0. The predicted octanol–water partition coefficient (Wildman–Crippen LogP) is 4.58. The first-order chi connectivity index (χ1) is 14.9. The second-order valence-electron chi connectivity index (χ2n) is 9.38. The van der Waals surface area contributed by atoms with Crippen LogP contribution in [0.3, 0.4) is 0 Å². The summed E-state index contributed by atoms with van der Waals surface area (Å²) in [5.41, 5.74) is 4.34. The number of benzene rings is 2. The normalized spacial score (nSPS) is 17.2. The van der Waals surface area contributed by atoms with Crippen LogP contribution in [0.25, 0.3) is 0 Å². The van der Waals surface area contributed by atoms with Crippen molar-refractivity contribution in [2.24, 2.45) is 0 Å². The standard InChI is InChI=1S/C25H34N2O4S/c1-17-12-13-20-21(16-25(4,5)31-23(20)15-17)26-24(28)11-8-14-27(32(6,29)30)22-10-7-9-18(2)19(22)3/h7,9-10,12-13,15,21H,8,11,14,16H2,1-6H3,(H,26,28). The minimum Gasteiger partial charge on any atom is -0.487 e. The topological polar surface area (TPSA) is 75.7 Å². The van der Waals surface area contributed by atoms with Crippen LogP contribution in [0, 0.1) is 20.8 Å². The van der Waals surface area contributed by atoms with Crippen molar-refractivity contribution in [3.05, 3.63) is 58.7 Å². The Bertz CT molecular complexity index is 1110. The Morgan fingerprint density at radius 3 is 2.59 bits per heavy atom. The van der Waals surface area contributed by atoms with Gasteiger partial charge in [-0.2, -0.15) is 0 Å². The molecule has 0 bridgehead atoms. The quantitative estimate of drug-likeness (QED) is 0.659. The van der Waals surface area contributed by atoms with Gasteiger partial charge in [0.2, 0.25) is 15.9 Å². The van der Waals surface area contributed by atoms with Crippen LogP contribution in [0.5, 0.6) is 5.75 Å². The van der Waals surface area contributed by atoms with Crippen molar-refractivity contribution in [1.29, 1.82) is 0 Å². The zero-order valence-electron chi connectivity index (χ0n) is 19.9. The summed E-state index contributed by atoms with van der Waals surface area (Å²) in [5.74, 6) is 0.721. The highest BCUT2D eigenvalue weighted by Gasteiger charge is 2.34. The molecule has 7 heteroatoms. The van der Waals surface area contributed by atoms with Gasteiger partial charge in [0, 0.05) is 24.9 Å². The monoisotopic (exact) mass is 458 g/mol. The number of nitrogens with one attached hydrogen (secondary N) is 1. The number of fused-ring (bicyclic) bond motifs is 1. The summed E-state index contributed by atoms with van der Waals surface area (Å²) in [6, 6.07) is 11.5. The molecular weight excluding hydrogens is 424 g/mol. The fourth-order valence-electron chi connectivity index (χ4n) is 4.21. The van der Waals surface area contributed by atoms with Gasteiger partial charge in [-0.1, -0.05) is 24.3 Å². The summed E-state index contributed by atoms with van der Waals surface area (Å²) in [6.07, 6.45) is 2.56. The molecule has 2 aromatic carbocycles. The summed E-state index contributed by atoms with van der Waals surface area (Å²) in [6.45, 7) is 10.2. The van der Waals surface area contributed by atoms with Crippen LogP contribution in [-0.2, 0) is 14.8 Å². The maximum absolute atomic E-state index is 12.8. The molecule has 1 unspecified atom stereocenters. The fraction of sp³-hybridized carbons (Fsp3) is 0.480. The second-order valence-corrected chi connectivity index (χ2v) is 11.3. The molecule has 1 aliphatic rings. The van der Waals surface area contributed by atoms with Crippen molar-refractivity contribution in [2.75, 3.05) is 17.1 Å². The van der Waals surface area contributed by atoms with E-state index in [0.717, 1.165) is 28.0 Å². The molecule has 2 aromatic rings. The molecule has 0 aliphatic carbocycles. The van der Waals surface area contributed by atoms with E-state index >= 15 is 0 Å². The Morgan fingerprint density at radius 1 is 1.19 bits per heavy atom. The first-order valence-corrected chi connectivity index (χ1v) is 12.8. The van der Waals surface area contributed by atoms with Gasteiger partial charge in [-0.05, 0) is 69.9 Å². The van der Waals surface area contributed by atoms with Gasteiger partial charge in [0.05, 0.1) is 18.0 Å². The number of ether oxygens (including phenoxy) is 1. The maximum atomic E-state index is 12.8. The van der Waals surface area contributed by atoms with Gasteiger partial charge < -0.3 is 10.1 Å². The van der Waals surface area contributed by atoms with Crippen LogP contribution in [0.2, 0.25) is 0 Å². The van der Waals surface area contributed by atoms with Crippen molar-refractivity contribution in [3.63, 3.8) is 0 Å². The van der Waals surface area contributed by atoms with Crippen LogP contribution in [0.1, 0.15) is 61.4 Å². The van der Waals surface area contributed by atoms with E-state index in [1.165, 1.54) is 10.6 Å². The van der Waals surface area contributed by atoms with Crippen LogP contribution in [0.4, 0.5) is 5.69 Å². The zero-order valence-corrected chi connectivity index (χ0v) is 20.7. The third-order valence-electron chi connectivity index (χ3n) is 5.97. The van der Waals surface area contributed by atoms with Gasteiger partial charge in [-0.15, -0.1) is 0 Å². The average molecular weight is 459 g/mol. The lowest BCUT2D eigenvalue weighted by Gasteiger charge is -2.38. The van der Waals surface area contributed by atoms with Crippen molar-refractivity contribution >= 4 is 21.6 Å². The molecule has 1 amide bonds. The zero-order chi connectivity index (χ0) is 23.7. The largest absolute Gasteiger partial charge is 0.487 e. The summed E-state index contributed by atoms with van der Waals surface area (Å²) in [7, 11) is -3.46. The average Bonchev–Trinajstić information content (AvgIpc) is 2.65. The summed E-state index contributed by atoms with van der Waals surface area (Å²) in [5, 5.41) is 3.14. The number of hydrogen-bond donors (Lipinski definition) is 1. The van der Waals surface area contributed by atoms with E-state index in [9.17, 15) is 13.2 Å². The second kappa shape index (κ2) is 9.14. The van der Waals surface area contributed by atoms with Crippen LogP contribution in [0.15, 0.2) is 36.4 Å². The Balaban J connectivity index is 1.67. The number of sulfonamides is 1. The highest BCUT2D eigenvalue weighted by molar-refractivity contribution is 7.92. The molecule has 0 saturated heterocycles. The van der Waals surface area contributed by atoms with Gasteiger partial charge in [0.25, 0.3) is 0 Å². The number of carbonyl (C=O) groups is 1. The van der Waals surface area contributed by atoms with Gasteiger partial charge >= 0.3 is 0 Å². The van der Waals surface area contributed by atoms with Crippen molar-refractivity contribution in [1.82, 2.24) is 5.32 Å². The number of aryl methyl sites for hydroxylation is 2. The highest BCUT2D eigenvalue weighted by atomic mass is 32.2. The van der Waals surface area contributed by atoms with E-state index in [0.29, 0.717) is 18.5 Å². The molecule has 1 atom stereocenters. The van der Waals surface area contributed by atoms with Gasteiger partial charge in [-0.25, -0.2) is 8.42 Å². The van der Waals surface area contributed by atoms with Crippen LogP contribution in [-0.4, -0.2) is 32.7 Å². The molecule has 6 nitrogen and oxygen atoms in total. The lowest BCUT2D eigenvalue weighted by atomic mass is 9.89. The third-order valence-corrected chi connectivity index (χ3v) is 7.15. The van der Waals surface area contributed by atoms with E-state index < -0.39 is 10.0 Å². The number of nitrogens with zero attached hydrogens (tertiary/aromatic N) is 1. The number of rotatable bonds is 7. The Labute approximate surface area is 192 Å². The van der Waals surface area contributed by atoms with Crippen LogP contribution >= 0.6 is 0 Å². The summed E-state index contributed by atoms with van der Waals surface area (Å²) in [4.78, 5) is 12.8. The Morgan fingerprint density at radius 2 is 1.91 bits per heavy atom. The van der Waals surface area contributed by atoms with E-state index in [1.807, 2.05) is 71.0 Å². The minimum absolute atomic E-state index is 0.0892. The maximum Gasteiger partial charge on any atom is 0.232 e. The third kappa shape index (κ3) is 5.63. The molecule has 32 heavy (non-hydrogen) atoms. The van der Waals surface area contributed by atoms with Gasteiger partial charge in [-0.3, -0.25) is 9.10 Å². The molecule has 1 N–H and O–H groups in total. The molecule has 0 radical (unpaired) electrons. The molecule has 3 rings (SSSR count). The van der Waals surface area contributed by atoms with E-state index in [2.05, 4.69) is 5.32 Å². The molecule has 174 valence electrons. The number of amides is 1. The molecule has 0 saturated carbocycles. The molecule has 0 fully saturated rings. The van der Waals surface area contributed by atoms with Gasteiger partial charge in [0.15, 0.2) is 0 Å². The lowest BCUT2D eigenvalue weighted by molar-refractivity contribution is -0.122. The predicted molar refractivity (Wildman–Crippen MR) is 129 cm³/mol. The van der Waals surface area contributed by atoms with E-state index in [4.69, 9.17) is 4.74 Å². The summed E-state index contributed by atoms with van der Waals surface area (Å²) >= 11 is 0. The molecule has 1 aliphatic heterocycles. The molecule has 1 heterocycles. The SMILES string of the molecule is Cc1ccc2c(c1)OC(C)(C)CC2NC(=O)CCCN(c1cccc(C)c1C)S(C)(=O)=O. The Kier molecular flexibility index (Phi) is 6.89. The number of anilines is 1. The number of carbonyl (C=O) groups excluding carboxylic acids is 1. The Hall–Kier alpha value is -2.54. The van der Waals surface area contributed by atoms with E-state index in [-0.39, 0.29) is 30.5 Å². The van der Waals surface area contributed by atoms with Crippen molar-refractivity contribution < 1.29 is 17.9 Å². The van der Waals surface area contributed by atoms with Crippen molar-refractivity contribution in [3.8, 4) is 5.75 Å². The molecule has 0 aromatic heterocycles. The lowest BCUT2D eigenvalue weighted by Crippen LogP contribution is -2.41.